The summed E-state index contributed by atoms with van der Waals surface area (Å²) in [7, 11) is 2.05. The second-order valence-corrected chi connectivity index (χ2v) is 5.05. The summed E-state index contributed by atoms with van der Waals surface area (Å²) < 4.78 is 0. The molecule has 2 heterocycles. The van der Waals surface area contributed by atoms with Gasteiger partial charge in [-0.2, -0.15) is 0 Å². The molecule has 0 aliphatic heterocycles. The summed E-state index contributed by atoms with van der Waals surface area (Å²) in [4.78, 5) is 15.1. The normalized spacial score (nSPS) is 11.8. The first kappa shape index (κ1) is 14.2. The van der Waals surface area contributed by atoms with Crippen LogP contribution < -0.4 is 4.90 Å². The van der Waals surface area contributed by atoms with Crippen LogP contribution in [0.5, 0.6) is 0 Å². The first-order valence-electron chi connectivity index (χ1n) is 6.72. The third-order valence-electron chi connectivity index (χ3n) is 3.21. The maximum Gasteiger partial charge on any atom is 0.154 e. The molecule has 4 nitrogen and oxygen atoms in total. The second-order valence-electron chi connectivity index (χ2n) is 5.05. The molecule has 4 heteroatoms. The van der Waals surface area contributed by atoms with Crippen LogP contribution in [0.3, 0.4) is 0 Å². The minimum absolute atomic E-state index is 0.434. The number of hydrogen-bond donors (Lipinski definition) is 0. The Balaban J connectivity index is 2.19. The van der Waals surface area contributed by atoms with E-state index in [1.54, 1.807) is 12.4 Å². The largest absolute Gasteiger partial charge is 0.357 e. The zero-order valence-electron chi connectivity index (χ0n) is 12.4. The van der Waals surface area contributed by atoms with E-state index in [0.717, 1.165) is 22.8 Å². The maximum atomic E-state index is 4.49. The predicted octanol–water partition coefficient (Wildman–Crippen LogP) is 3.28. The number of anilines is 1. The molecule has 0 aromatic carbocycles. The Labute approximate surface area is 120 Å². The van der Waals surface area contributed by atoms with Gasteiger partial charge >= 0.3 is 0 Å². The first-order valence-corrected chi connectivity index (χ1v) is 6.72. The van der Waals surface area contributed by atoms with E-state index >= 15 is 0 Å². The van der Waals surface area contributed by atoms with E-state index in [4.69, 9.17) is 0 Å². The molecule has 0 spiro atoms. The van der Waals surface area contributed by atoms with Crippen LogP contribution in [0, 0.1) is 0 Å². The Morgan fingerprint density at radius 2 is 1.85 bits per heavy atom. The van der Waals surface area contributed by atoms with Gasteiger partial charge in [-0.1, -0.05) is 0 Å². The fraction of sp³-hybridized carbons (Fsp3) is 0.312. The Hall–Kier alpha value is -2.23. The molecule has 2 aromatic rings. The van der Waals surface area contributed by atoms with Crippen molar-refractivity contribution in [3.63, 3.8) is 0 Å². The lowest BCUT2D eigenvalue weighted by Gasteiger charge is -2.22. The van der Waals surface area contributed by atoms with Gasteiger partial charge in [0.1, 0.15) is 5.82 Å². The molecule has 0 N–H and O–H groups in total. The third-order valence-corrected chi connectivity index (χ3v) is 3.21. The minimum atomic E-state index is 0.434. The SMILES string of the molecule is C/C(=C\c1ccc(N(C)C(C)C)nc1)c1ncccn1. The van der Waals surface area contributed by atoms with Crippen LogP contribution in [-0.2, 0) is 0 Å². The molecule has 0 aliphatic carbocycles. The van der Waals surface area contributed by atoms with Gasteiger partial charge in [-0.15, -0.1) is 0 Å². The average molecular weight is 268 g/mol. The van der Waals surface area contributed by atoms with Crippen LogP contribution in [0.15, 0.2) is 36.8 Å². The maximum absolute atomic E-state index is 4.49. The van der Waals surface area contributed by atoms with Crippen LogP contribution in [-0.4, -0.2) is 28.0 Å². The Morgan fingerprint density at radius 1 is 1.15 bits per heavy atom. The van der Waals surface area contributed by atoms with E-state index in [-0.39, 0.29) is 0 Å². The standard InChI is InChI=1S/C16H20N4/c1-12(2)20(4)15-7-6-14(11-19-15)10-13(3)16-17-8-5-9-18-16/h5-12H,1-4H3/b13-10+. The van der Waals surface area contributed by atoms with Gasteiger partial charge in [0.2, 0.25) is 0 Å². The van der Waals surface area contributed by atoms with Gasteiger partial charge in [-0.25, -0.2) is 15.0 Å². The van der Waals surface area contributed by atoms with Crippen LogP contribution in [0.25, 0.3) is 11.6 Å². The highest BCUT2D eigenvalue weighted by molar-refractivity contribution is 5.77. The summed E-state index contributed by atoms with van der Waals surface area (Å²) in [5.41, 5.74) is 2.08. The number of rotatable bonds is 4. The topological polar surface area (TPSA) is 41.9 Å². The number of hydrogen-bond acceptors (Lipinski definition) is 4. The Morgan fingerprint density at radius 3 is 2.40 bits per heavy atom. The molecular weight excluding hydrogens is 248 g/mol. The molecule has 0 amide bonds. The predicted molar refractivity (Wildman–Crippen MR) is 83.4 cm³/mol. The third kappa shape index (κ3) is 3.41. The smallest absolute Gasteiger partial charge is 0.154 e. The lowest BCUT2D eigenvalue weighted by molar-refractivity contribution is 0.743. The van der Waals surface area contributed by atoms with E-state index < -0.39 is 0 Å². The molecule has 0 aliphatic rings. The molecule has 2 rings (SSSR count). The summed E-state index contributed by atoms with van der Waals surface area (Å²) in [6.45, 7) is 6.29. The van der Waals surface area contributed by atoms with Gasteiger partial charge in [0.25, 0.3) is 0 Å². The van der Waals surface area contributed by atoms with Crippen molar-refractivity contribution in [3.8, 4) is 0 Å². The summed E-state index contributed by atoms with van der Waals surface area (Å²) in [5.74, 6) is 1.72. The van der Waals surface area contributed by atoms with E-state index in [1.165, 1.54) is 0 Å². The zero-order chi connectivity index (χ0) is 14.5. The highest BCUT2D eigenvalue weighted by Gasteiger charge is 2.05. The van der Waals surface area contributed by atoms with Crippen molar-refractivity contribution in [1.82, 2.24) is 15.0 Å². The molecule has 104 valence electrons. The van der Waals surface area contributed by atoms with E-state index in [1.807, 2.05) is 38.4 Å². The minimum Gasteiger partial charge on any atom is -0.357 e. The highest BCUT2D eigenvalue weighted by atomic mass is 15.2. The Kier molecular flexibility index (Phi) is 4.45. The van der Waals surface area contributed by atoms with Crippen molar-refractivity contribution in [2.45, 2.75) is 26.8 Å². The van der Waals surface area contributed by atoms with Crippen molar-refractivity contribution >= 4 is 17.5 Å². The van der Waals surface area contributed by atoms with Crippen molar-refractivity contribution in [2.24, 2.45) is 0 Å². The molecular formula is C16H20N4. The van der Waals surface area contributed by atoms with Gasteiger partial charge in [-0.05, 0) is 56.2 Å². The fourth-order valence-corrected chi connectivity index (χ4v) is 1.77. The van der Waals surface area contributed by atoms with Crippen LogP contribution in [0.2, 0.25) is 0 Å². The van der Waals surface area contributed by atoms with Crippen molar-refractivity contribution in [2.75, 3.05) is 11.9 Å². The average Bonchev–Trinajstić information content (AvgIpc) is 2.48. The molecule has 0 radical (unpaired) electrons. The Bertz CT molecular complexity index is 573. The van der Waals surface area contributed by atoms with Crippen LogP contribution in [0.1, 0.15) is 32.2 Å². The van der Waals surface area contributed by atoms with Crippen LogP contribution >= 0.6 is 0 Å². The molecule has 0 saturated carbocycles. The molecule has 0 unspecified atom stereocenters. The number of nitrogens with zero attached hydrogens (tertiary/aromatic N) is 4. The summed E-state index contributed by atoms with van der Waals surface area (Å²) in [6.07, 6.45) is 7.42. The lowest BCUT2D eigenvalue weighted by Crippen LogP contribution is -2.26. The molecule has 20 heavy (non-hydrogen) atoms. The zero-order valence-corrected chi connectivity index (χ0v) is 12.4. The molecule has 2 aromatic heterocycles. The van der Waals surface area contributed by atoms with Gasteiger partial charge < -0.3 is 4.90 Å². The molecule has 0 saturated heterocycles. The summed E-state index contributed by atoms with van der Waals surface area (Å²) in [5, 5.41) is 0. The molecule has 0 fully saturated rings. The van der Waals surface area contributed by atoms with Gasteiger partial charge in [-0.3, -0.25) is 0 Å². The summed E-state index contributed by atoms with van der Waals surface area (Å²) >= 11 is 0. The fourth-order valence-electron chi connectivity index (χ4n) is 1.77. The van der Waals surface area contributed by atoms with Gasteiger partial charge in [0.05, 0.1) is 0 Å². The van der Waals surface area contributed by atoms with E-state index in [9.17, 15) is 0 Å². The van der Waals surface area contributed by atoms with E-state index in [0.29, 0.717) is 6.04 Å². The van der Waals surface area contributed by atoms with Crippen molar-refractivity contribution in [1.29, 1.82) is 0 Å². The van der Waals surface area contributed by atoms with Gasteiger partial charge in [0.15, 0.2) is 5.82 Å². The van der Waals surface area contributed by atoms with Crippen LogP contribution in [0.4, 0.5) is 5.82 Å². The molecule has 0 atom stereocenters. The quantitative estimate of drug-likeness (QED) is 0.853. The highest BCUT2D eigenvalue weighted by Crippen LogP contribution is 2.16. The second kappa shape index (κ2) is 6.28. The van der Waals surface area contributed by atoms with Crippen molar-refractivity contribution in [3.05, 3.63) is 48.2 Å². The lowest BCUT2D eigenvalue weighted by atomic mass is 10.1. The first-order chi connectivity index (χ1) is 9.58. The summed E-state index contributed by atoms with van der Waals surface area (Å²) in [6, 6.07) is 6.34. The number of pyridine rings is 1. The number of allylic oxidation sites excluding steroid dienone is 1. The number of aromatic nitrogens is 3. The monoisotopic (exact) mass is 268 g/mol. The van der Waals surface area contributed by atoms with E-state index in [2.05, 4.69) is 39.8 Å². The molecule has 0 bridgehead atoms. The van der Waals surface area contributed by atoms with Crippen molar-refractivity contribution < 1.29 is 0 Å². The van der Waals surface area contributed by atoms with Gasteiger partial charge in [0, 0.05) is 31.7 Å².